The van der Waals surface area contributed by atoms with Crippen LogP contribution in [0.25, 0.3) is 0 Å². The van der Waals surface area contributed by atoms with Crippen LogP contribution < -0.4 is 11.2 Å². The van der Waals surface area contributed by atoms with Crippen molar-refractivity contribution in [1.82, 2.24) is 5.32 Å². The van der Waals surface area contributed by atoms with Crippen molar-refractivity contribution in [3.05, 3.63) is 0 Å². The third kappa shape index (κ3) is 7.97. The molecule has 0 saturated carbocycles. The Labute approximate surface area is 84.9 Å². The lowest BCUT2D eigenvalue weighted by atomic mass is 10.2. The van der Waals surface area contributed by atoms with Crippen LogP contribution in [0.4, 0.5) is 0 Å². The van der Waals surface area contributed by atoms with Crippen molar-refractivity contribution in [2.24, 2.45) is 5.90 Å². The smallest absolute Gasteiger partial charge is 0.207 e. The van der Waals surface area contributed by atoms with Crippen molar-refractivity contribution in [3.63, 3.8) is 0 Å². The Morgan fingerprint density at radius 2 is 2.14 bits per heavy atom. The summed E-state index contributed by atoms with van der Waals surface area (Å²) >= 11 is 0. The van der Waals surface area contributed by atoms with Crippen LogP contribution in [0, 0.1) is 0 Å². The minimum Gasteiger partial charge on any atom is -0.373 e. The van der Waals surface area contributed by atoms with Gasteiger partial charge in [-0.05, 0) is 27.2 Å². The maximum absolute atomic E-state index is 9.98. The molecule has 1 atom stereocenters. The van der Waals surface area contributed by atoms with Crippen LogP contribution in [0.2, 0.25) is 0 Å². The summed E-state index contributed by atoms with van der Waals surface area (Å²) < 4.78 is 5.49. The summed E-state index contributed by atoms with van der Waals surface area (Å²) in [5.74, 6) is 5.09. The van der Waals surface area contributed by atoms with Gasteiger partial charge in [-0.1, -0.05) is 0 Å². The van der Waals surface area contributed by atoms with Crippen molar-refractivity contribution >= 4 is 6.41 Å². The average Bonchev–Trinajstić information content (AvgIpc) is 2.09. The Bertz CT molecular complexity index is 157. The Morgan fingerprint density at radius 3 is 2.57 bits per heavy atom. The Kier molecular flexibility index (Phi) is 6.44. The van der Waals surface area contributed by atoms with E-state index in [1.807, 2.05) is 20.8 Å². The highest BCUT2D eigenvalue weighted by molar-refractivity contribution is 5.45. The van der Waals surface area contributed by atoms with Crippen LogP contribution in [-0.2, 0) is 14.4 Å². The standard InChI is InChI=1S/C9H20N2O3/c1-9(2,3)13-6-8(14-10)4-5-11-7-12/h7-8H,4-6,10H2,1-3H3,(H,11,12). The molecule has 0 heterocycles. The molecule has 0 aliphatic carbocycles. The van der Waals surface area contributed by atoms with E-state index in [1.54, 1.807) is 0 Å². The van der Waals surface area contributed by atoms with Gasteiger partial charge in [-0.3, -0.25) is 9.63 Å². The number of nitrogens with two attached hydrogens (primary N) is 1. The molecule has 0 radical (unpaired) electrons. The minimum atomic E-state index is -0.200. The van der Waals surface area contributed by atoms with Gasteiger partial charge in [0.2, 0.25) is 6.41 Å². The molecule has 14 heavy (non-hydrogen) atoms. The van der Waals surface area contributed by atoms with E-state index in [0.717, 1.165) is 0 Å². The molecule has 0 fully saturated rings. The second-order valence-corrected chi connectivity index (χ2v) is 4.04. The van der Waals surface area contributed by atoms with Crippen molar-refractivity contribution in [2.75, 3.05) is 13.2 Å². The lowest BCUT2D eigenvalue weighted by molar-refractivity contribution is -0.110. The largest absolute Gasteiger partial charge is 0.373 e. The monoisotopic (exact) mass is 204 g/mol. The van der Waals surface area contributed by atoms with E-state index < -0.39 is 0 Å². The van der Waals surface area contributed by atoms with Crippen LogP contribution in [0.5, 0.6) is 0 Å². The molecule has 5 heteroatoms. The van der Waals surface area contributed by atoms with Gasteiger partial charge >= 0.3 is 0 Å². The topological polar surface area (TPSA) is 73.6 Å². The third-order valence-electron chi connectivity index (χ3n) is 1.59. The van der Waals surface area contributed by atoms with Gasteiger partial charge in [0.15, 0.2) is 0 Å². The lowest BCUT2D eigenvalue weighted by Gasteiger charge is -2.23. The van der Waals surface area contributed by atoms with E-state index in [-0.39, 0.29) is 11.7 Å². The van der Waals surface area contributed by atoms with Gasteiger partial charge in [-0.2, -0.15) is 0 Å². The molecule has 0 aliphatic heterocycles. The highest BCUT2D eigenvalue weighted by Gasteiger charge is 2.15. The fraction of sp³-hybridized carbons (Fsp3) is 0.889. The maximum Gasteiger partial charge on any atom is 0.207 e. The molecular formula is C9H20N2O3. The van der Waals surface area contributed by atoms with Crippen molar-refractivity contribution < 1.29 is 14.4 Å². The van der Waals surface area contributed by atoms with E-state index in [2.05, 4.69) is 5.32 Å². The van der Waals surface area contributed by atoms with Gasteiger partial charge in [0.25, 0.3) is 0 Å². The SMILES string of the molecule is CC(C)(C)OCC(CCNC=O)ON. The summed E-state index contributed by atoms with van der Waals surface area (Å²) in [4.78, 5) is 14.7. The number of carbonyl (C=O) groups is 1. The molecule has 1 amide bonds. The highest BCUT2D eigenvalue weighted by atomic mass is 16.6. The Hall–Kier alpha value is -0.650. The van der Waals surface area contributed by atoms with E-state index in [9.17, 15) is 4.79 Å². The fourth-order valence-electron chi connectivity index (χ4n) is 0.837. The first-order valence-electron chi connectivity index (χ1n) is 4.66. The lowest BCUT2D eigenvalue weighted by Crippen LogP contribution is -2.32. The molecule has 0 aromatic rings. The highest BCUT2D eigenvalue weighted by Crippen LogP contribution is 2.08. The second kappa shape index (κ2) is 6.75. The zero-order chi connectivity index (χ0) is 11.0. The first-order chi connectivity index (χ1) is 6.49. The summed E-state index contributed by atoms with van der Waals surface area (Å²) in [5, 5.41) is 2.54. The summed E-state index contributed by atoms with van der Waals surface area (Å²) in [7, 11) is 0. The quantitative estimate of drug-likeness (QED) is 0.353. The van der Waals surface area contributed by atoms with E-state index in [0.29, 0.717) is 26.0 Å². The van der Waals surface area contributed by atoms with Crippen LogP contribution in [0.3, 0.4) is 0 Å². The number of carbonyl (C=O) groups excluding carboxylic acids is 1. The molecule has 5 nitrogen and oxygen atoms in total. The third-order valence-corrected chi connectivity index (χ3v) is 1.59. The van der Waals surface area contributed by atoms with Gasteiger partial charge in [-0.15, -0.1) is 0 Å². The second-order valence-electron chi connectivity index (χ2n) is 4.04. The number of ether oxygens (including phenoxy) is 1. The molecule has 0 aromatic carbocycles. The Balaban J connectivity index is 3.63. The van der Waals surface area contributed by atoms with Gasteiger partial charge in [0.05, 0.1) is 12.2 Å². The molecule has 0 saturated heterocycles. The zero-order valence-electron chi connectivity index (χ0n) is 9.08. The summed E-state index contributed by atoms with van der Waals surface area (Å²) in [6.07, 6.45) is 1.12. The van der Waals surface area contributed by atoms with Crippen LogP contribution in [0.1, 0.15) is 27.2 Å². The van der Waals surface area contributed by atoms with Gasteiger partial charge in [0.1, 0.15) is 6.10 Å². The number of hydrogen-bond acceptors (Lipinski definition) is 4. The van der Waals surface area contributed by atoms with Crippen LogP contribution in [0.15, 0.2) is 0 Å². The van der Waals surface area contributed by atoms with Crippen LogP contribution in [-0.4, -0.2) is 31.3 Å². The number of hydrogen-bond donors (Lipinski definition) is 2. The molecule has 0 aliphatic rings. The van der Waals surface area contributed by atoms with Crippen molar-refractivity contribution in [3.8, 4) is 0 Å². The maximum atomic E-state index is 9.98. The minimum absolute atomic E-state index is 0.179. The molecule has 3 N–H and O–H groups in total. The first-order valence-corrected chi connectivity index (χ1v) is 4.66. The number of nitrogens with one attached hydrogen (secondary N) is 1. The zero-order valence-corrected chi connectivity index (χ0v) is 9.08. The van der Waals surface area contributed by atoms with Crippen molar-refractivity contribution in [1.29, 1.82) is 0 Å². The normalized spacial score (nSPS) is 13.7. The van der Waals surface area contributed by atoms with E-state index >= 15 is 0 Å². The van der Waals surface area contributed by atoms with Crippen molar-refractivity contribution in [2.45, 2.75) is 38.9 Å². The summed E-state index contributed by atoms with van der Waals surface area (Å²) in [5.41, 5.74) is -0.200. The summed E-state index contributed by atoms with van der Waals surface area (Å²) in [6, 6.07) is 0. The van der Waals surface area contributed by atoms with E-state index in [4.69, 9.17) is 15.5 Å². The van der Waals surface area contributed by atoms with Gasteiger partial charge in [-0.25, -0.2) is 5.90 Å². The first kappa shape index (κ1) is 13.4. The van der Waals surface area contributed by atoms with E-state index in [1.165, 1.54) is 0 Å². The number of amides is 1. The molecule has 84 valence electrons. The van der Waals surface area contributed by atoms with Gasteiger partial charge < -0.3 is 10.1 Å². The average molecular weight is 204 g/mol. The predicted octanol–water partition coefficient (Wildman–Crippen LogP) is 0.197. The molecule has 0 aromatic heterocycles. The van der Waals surface area contributed by atoms with Crippen LogP contribution >= 0.6 is 0 Å². The molecular weight excluding hydrogens is 184 g/mol. The molecule has 0 bridgehead atoms. The molecule has 1 unspecified atom stereocenters. The Morgan fingerprint density at radius 1 is 1.50 bits per heavy atom. The molecule has 0 rings (SSSR count). The predicted molar refractivity (Wildman–Crippen MR) is 53.4 cm³/mol. The molecule has 0 spiro atoms. The summed E-state index contributed by atoms with van der Waals surface area (Å²) in [6.45, 7) is 6.86. The van der Waals surface area contributed by atoms with Gasteiger partial charge in [0, 0.05) is 6.54 Å². The number of rotatable bonds is 7. The fourth-order valence-corrected chi connectivity index (χ4v) is 0.837.